The lowest BCUT2D eigenvalue weighted by Gasteiger charge is -2.15. The van der Waals surface area contributed by atoms with Gasteiger partial charge in [0.1, 0.15) is 0 Å². The predicted octanol–water partition coefficient (Wildman–Crippen LogP) is 1.19. The highest BCUT2D eigenvalue weighted by molar-refractivity contribution is 8.00. The molecular weight excluding hydrogens is 322 g/mol. The molecule has 122 valence electrons. The molecule has 1 saturated heterocycles. The summed E-state index contributed by atoms with van der Waals surface area (Å²) in [6, 6.07) is -0.275. The van der Waals surface area contributed by atoms with Crippen molar-refractivity contribution < 1.29 is 13.2 Å². The Balaban J connectivity index is 1.97. The van der Waals surface area contributed by atoms with Gasteiger partial charge in [0.25, 0.3) is 0 Å². The molecule has 1 N–H and O–H groups in total. The van der Waals surface area contributed by atoms with Gasteiger partial charge in [0.05, 0.1) is 16.8 Å². The second-order valence-corrected chi connectivity index (χ2v) is 9.21. The van der Waals surface area contributed by atoms with Gasteiger partial charge < -0.3 is 5.32 Å². The molecule has 6 nitrogen and oxygen atoms in total. The lowest BCUT2D eigenvalue weighted by Crippen LogP contribution is -2.40. The lowest BCUT2D eigenvalue weighted by atomic mass is 10.2. The van der Waals surface area contributed by atoms with Crippen molar-refractivity contribution in [3.8, 4) is 0 Å². The van der Waals surface area contributed by atoms with Crippen molar-refractivity contribution in [2.45, 2.75) is 50.6 Å². The maximum Gasteiger partial charge on any atom is 0.233 e. The Labute approximate surface area is 135 Å². The molecule has 1 aromatic rings. The molecule has 22 heavy (non-hydrogen) atoms. The summed E-state index contributed by atoms with van der Waals surface area (Å²) in [5.41, 5.74) is 2.87. The first-order chi connectivity index (χ1) is 10.2. The quantitative estimate of drug-likeness (QED) is 0.652. The number of amides is 1. The molecule has 8 heteroatoms. The number of carbonyl (C=O) groups is 1. The van der Waals surface area contributed by atoms with E-state index in [0.29, 0.717) is 11.6 Å². The fourth-order valence-electron chi connectivity index (χ4n) is 2.23. The van der Waals surface area contributed by atoms with Gasteiger partial charge in [-0.15, -0.1) is 0 Å². The number of sulfone groups is 1. The largest absolute Gasteiger partial charge is 0.351 e. The van der Waals surface area contributed by atoms with Gasteiger partial charge in [-0.2, -0.15) is 0 Å². The molecule has 0 aliphatic carbocycles. The number of hydrogen-bond acceptors (Lipinski definition) is 6. The zero-order chi connectivity index (χ0) is 16.5. The van der Waals surface area contributed by atoms with Crippen molar-refractivity contribution in [2.24, 2.45) is 0 Å². The van der Waals surface area contributed by atoms with E-state index >= 15 is 0 Å². The van der Waals surface area contributed by atoms with E-state index in [4.69, 9.17) is 0 Å². The summed E-state index contributed by atoms with van der Waals surface area (Å²) >= 11 is 1.29. The van der Waals surface area contributed by atoms with Gasteiger partial charge in [-0.05, 0) is 39.7 Å². The Morgan fingerprint density at radius 2 is 1.86 bits per heavy atom. The van der Waals surface area contributed by atoms with Gasteiger partial charge in [-0.25, -0.2) is 18.4 Å². The Morgan fingerprint density at radius 3 is 2.36 bits per heavy atom. The van der Waals surface area contributed by atoms with Crippen molar-refractivity contribution in [2.75, 3.05) is 11.5 Å². The summed E-state index contributed by atoms with van der Waals surface area (Å²) in [7, 11) is -2.99. The fourth-order valence-corrected chi connectivity index (χ4v) is 4.78. The molecule has 0 spiro atoms. The average Bonchev–Trinajstić information content (AvgIpc) is 2.75. The normalized spacial score (nSPS) is 21.5. The number of carbonyl (C=O) groups excluding carboxylic acids is 1. The van der Waals surface area contributed by atoms with E-state index in [0.717, 1.165) is 17.0 Å². The van der Waals surface area contributed by atoms with Gasteiger partial charge in [0.15, 0.2) is 15.0 Å². The number of thioether (sulfide) groups is 1. The first-order valence-corrected chi connectivity index (χ1v) is 9.87. The lowest BCUT2D eigenvalue weighted by molar-refractivity contribution is -0.120. The van der Waals surface area contributed by atoms with Crippen LogP contribution in [-0.4, -0.2) is 47.1 Å². The van der Waals surface area contributed by atoms with Crippen LogP contribution in [-0.2, 0) is 14.6 Å². The zero-order valence-electron chi connectivity index (χ0n) is 13.2. The Kier molecular flexibility index (Phi) is 5.11. The van der Waals surface area contributed by atoms with E-state index < -0.39 is 9.84 Å². The minimum absolute atomic E-state index is 0.0371. The highest BCUT2D eigenvalue weighted by Crippen LogP contribution is 2.22. The van der Waals surface area contributed by atoms with Gasteiger partial charge in [-0.1, -0.05) is 11.8 Å². The van der Waals surface area contributed by atoms with Crippen LogP contribution in [0.2, 0.25) is 0 Å². The second kappa shape index (κ2) is 6.54. The summed E-state index contributed by atoms with van der Waals surface area (Å²) in [4.78, 5) is 20.9. The van der Waals surface area contributed by atoms with E-state index in [1.54, 1.807) is 6.92 Å². The first-order valence-electron chi connectivity index (χ1n) is 7.17. The number of aromatic nitrogens is 2. The standard InChI is InChI=1S/C14H21N3O3S2/c1-8-9(2)15-14(16-10(8)3)21-11(4)13(18)17-12-5-6-22(19,20)7-12/h11-12H,5-7H2,1-4H3,(H,17,18)/t11-,12+/m0/s1. The van der Waals surface area contributed by atoms with Crippen LogP contribution >= 0.6 is 11.8 Å². The molecule has 1 amide bonds. The molecule has 2 rings (SSSR count). The number of rotatable bonds is 4. The van der Waals surface area contributed by atoms with E-state index in [-0.39, 0.29) is 28.7 Å². The van der Waals surface area contributed by atoms with Crippen molar-refractivity contribution in [1.29, 1.82) is 0 Å². The van der Waals surface area contributed by atoms with Crippen LogP contribution in [0, 0.1) is 20.8 Å². The number of nitrogens with one attached hydrogen (secondary N) is 1. The van der Waals surface area contributed by atoms with Crippen molar-refractivity contribution in [1.82, 2.24) is 15.3 Å². The Bertz CT molecular complexity index is 666. The summed E-state index contributed by atoms with van der Waals surface area (Å²) in [5, 5.41) is 3.00. The second-order valence-electron chi connectivity index (χ2n) is 5.67. The van der Waals surface area contributed by atoms with E-state index in [2.05, 4.69) is 15.3 Å². The molecule has 0 bridgehead atoms. The molecule has 0 saturated carbocycles. The average molecular weight is 343 g/mol. The Hall–Kier alpha value is -1.15. The minimum atomic E-state index is -2.99. The third kappa shape index (κ3) is 4.19. The SMILES string of the molecule is Cc1nc(S[C@@H](C)C(=O)N[C@@H]2CCS(=O)(=O)C2)nc(C)c1C. The monoisotopic (exact) mass is 343 g/mol. The van der Waals surface area contributed by atoms with Crippen LogP contribution in [0.4, 0.5) is 0 Å². The maximum absolute atomic E-state index is 12.2. The van der Waals surface area contributed by atoms with E-state index in [9.17, 15) is 13.2 Å². The molecule has 2 atom stereocenters. The first kappa shape index (κ1) is 17.2. The van der Waals surface area contributed by atoms with Gasteiger partial charge in [-0.3, -0.25) is 4.79 Å². The number of aryl methyl sites for hydroxylation is 2. The van der Waals surface area contributed by atoms with Gasteiger partial charge in [0, 0.05) is 17.4 Å². The van der Waals surface area contributed by atoms with E-state index in [1.165, 1.54) is 11.8 Å². The van der Waals surface area contributed by atoms with Gasteiger partial charge >= 0.3 is 0 Å². The van der Waals surface area contributed by atoms with Crippen molar-refractivity contribution >= 4 is 27.5 Å². The van der Waals surface area contributed by atoms with Crippen LogP contribution < -0.4 is 5.32 Å². The molecule has 0 unspecified atom stereocenters. The molecule has 1 aromatic heterocycles. The molecule has 1 aliphatic rings. The van der Waals surface area contributed by atoms with Crippen molar-refractivity contribution in [3.05, 3.63) is 17.0 Å². The summed E-state index contributed by atoms with van der Waals surface area (Å²) in [6.07, 6.45) is 0.491. The molecule has 2 heterocycles. The highest BCUT2D eigenvalue weighted by Gasteiger charge is 2.30. The number of hydrogen-bond donors (Lipinski definition) is 1. The smallest absolute Gasteiger partial charge is 0.233 e. The topological polar surface area (TPSA) is 89.0 Å². The fraction of sp³-hybridized carbons (Fsp3) is 0.643. The van der Waals surface area contributed by atoms with Crippen LogP contribution in [0.15, 0.2) is 5.16 Å². The molecule has 0 aromatic carbocycles. The molecule has 1 fully saturated rings. The summed E-state index contributed by atoms with van der Waals surface area (Å²) in [6.45, 7) is 7.58. The third-order valence-electron chi connectivity index (χ3n) is 3.84. The number of nitrogens with zero attached hydrogens (tertiary/aromatic N) is 2. The van der Waals surface area contributed by atoms with Crippen molar-refractivity contribution in [3.63, 3.8) is 0 Å². The third-order valence-corrected chi connectivity index (χ3v) is 6.57. The molecule has 1 aliphatic heterocycles. The molecular formula is C14H21N3O3S2. The summed E-state index contributed by atoms with van der Waals surface area (Å²) < 4.78 is 22.8. The van der Waals surface area contributed by atoms with Gasteiger partial charge in [0.2, 0.25) is 5.91 Å². The molecule has 0 radical (unpaired) electrons. The highest BCUT2D eigenvalue weighted by atomic mass is 32.2. The Morgan fingerprint density at radius 1 is 1.27 bits per heavy atom. The van der Waals surface area contributed by atoms with Crippen LogP contribution in [0.1, 0.15) is 30.3 Å². The van der Waals surface area contributed by atoms with E-state index in [1.807, 2.05) is 20.8 Å². The van der Waals surface area contributed by atoms with Crippen LogP contribution in [0.3, 0.4) is 0 Å². The maximum atomic E-state index is 12.2. The van der Waals surface area contributed by atoms with Crippen LogP contribution in [0.5, 0.6) is 0 Å². The summed E-state index contributed by atoms with van der Waals surface area (Å²) in [5.74, 6) is 0.0143. The predicted molar refractivity (Wildman–Crippen MR) is 86.8 cm³/mol. The zero-order valence-corrected chi connectivity index (χ0v) is 14.8. The van der Waals surface area contributed by atoms with Crippen LogP contribution in [0.25, 0.3) is 0 Å². The minimum Gasteiger partial charge on any atom is -0.351 e.